The fraction of sp³-hybridized carbons (Fsp3) is 0.333. The number of carboxylic acids is 1. The number of benzene rings is 2. The molecule has 0 aromatic heterocycles. The summed E-state index contributed by atoms with van der Waals surface area (Å²) in [6, 6.07) is 8.03. The van der Waals surface area contributed by atoms with Gasteiger partial charge in [-0.25, -0.2) is 8.42 Å². The molecule has 0 unspecified atom stereocenters. The van der Waals surface area contributed by atoms with Crippen LogP contribution in [0.2, 0.25) is 0 Å². The molecular formula is C18H23N3O5S. The molecule has 27 heavy (non-hydrogen) atoms. The summed E-state index contributed by atoms with van der Waals surface area (Å²) in [5.41, 5.74) is 0.866. The Labute approximate surface area is 158 Å². The topological polar surface area (TPSA) is 116 Å². The maximum absolute atomic E-state index is 12.8. The van der Waals surface area contributed by atoms with Gasteiger partial charge in [-0.05, 0) is 26.0 Å². The Morgan fingerprint density at radius 1 is 1.00 bits per heavy atom. The number of anilines is 1. The number of carboxylic acid groups (broad SMARTS) is 1. The molecule has 0 radical (unpaired) electrons. The monoisotopic (exact) mass is 393 g/mol. The van der Waals surface area contributed by atoms with Crippen LogP contribution in [0.1, 0.15) is 13.8 Å². The first-order valence-electron chi connectivity index (χ1n) is 8.29. The van der Waals surface area contributed by atoms with Crippen molar-refractivity contribution in [2.24, 2.45) is 0 Å². The number of nitrogens with zero attached hydrogens (tertiary/aromatic N) is 1. The number of hydrogen-bond acceptors (Lipinski definition) is 5. The third-order valence-electron chi connectivity index (χ3n) is 4.08. The summed E-state index contributed by atoms with van der Waals surface area (Å²) in [6.07, 6.45) is 0. The van der Waals surface area contributed by atoms with Crippen LogP contribution in [0, 0.1) is 0 Å². The van der Waals surface area contributed by atoms with Crippen molar-refractivity contribution in [3.63, 3.8) is 0 Å². The van der Waals surface area contributed by atoms with E-state index in [0.717, 1.165) is 11.1 Å². The van der Waals surface area contributed by atoms with Gasteiger partial charge in [0, 0.05) is 30.6 Å². The fourth-order valence-corrected chi connectivity index (χ4v) is 4.06. The predicted molar refractivity (Wildman–Crippen MR) is 103 cm³/mol. The zero-order valence-corrected chi connectivity index (χ0v) is 16.4. The highest BCUT2D eigenvalue weighted by Crippen LogP contribution is 2.30. The number of aliphatic carboxylic acids is 1. The second-order valence-electron chi connectivity index (χ2n) is 6.43. The van der Waals surface area contributed by atoms with Gasteiger partial charge < -0.3 is 15.3 Å². The second kappa shape index (κ2) is 7.93. The Bertz CT molecular complexity index is 972. The van der Waals surface area contributed by atoms with Crippen molar-refractivity contribution in [3.05, 3.63) is 36.4 Å². The van der Waals surface area contributed by atoms with Gasteiger partial charge in [0.05, 0.1) is 10.9 Å². The van der Waals surface area contributed by atoms with Crippen LogP contribution >= 0.6 is 0 Å². The first-order valence-corrected chi connectivity index (χ1v) is 9.77. The van der Waals surface area contributed by atoms with Gasteiger partial charge in [0.25, 0.3) is 0 Å². The summed E-state index contributed by atoms with van der Waals surface area (Å²) in [6.45, 7) is 2.66. The molecule has 9 heteroatoms. The average Bonchev–Trinajstić information content (AvgIpc) is 2.59. The molecular weight excluding hydrogens is 370 g/mol. The first-order chi connectivity index (χ1) is 12.5. The van der Waals surface area contributed by atoms with E-state index >= 15 is 0 Å². The zero-order valence-electron chi connectivity index (χ0n) is 15.6. The lowest BCUT2D eigenvalue weighted by Crippen LogP contribution is -2.49. The summed E-state index contributed by atoms with van der Waals surface area (Å²) in [5.74, 6) is -1.92. The smallest absolute Gasteiger partial charge is 0.325 e. The molecule has 3 N–H and O–H groups in total. The van der Waals surface area contributed by atoms with Crippen molar-refractivity contribution in [2.75, 3.05) is 19.0 Å². The minimum absolute atomic E-state index is 0.0506. The summed E-state index contributed by atoms with van der Waals surface area (Å²) in [7, 11) is -0.276. The molecule has 0 aliphatic rings. The molecule has 0 heterocycles. The molecule has 0 aliphatic heterocycles. The van der Waals surface area contributed by atoms with Gasteiger partial charge in [-0.15, -0.1) is 0 Å². The van der Waals surface area contributed by atoms with E-state index < -0.39 is 34.0 Å². The van der Waals surface area contributed by atoms with Crippen LogP contribution in [0.25, 0.3) is 10.8 Å². The lowest BCUT2D eigenvalue weighted by Gasteiger charge is -2.19. The normalized spacial score (nSPS) is 13.8. The highest BCUT2D eigenvalue weighted by molar-refractivity contribution is 7.89. The number of amides is 1. The Kier molecular flexibility index (Phi) is 6.07. The number of nitrogens with one attached hydrogen (secondary N) is 2. The Morgan fingerprint density at radius 3 is 2.19 bits per heavy atom. The van der Waals surface area contributed by atoms with E-state index in [9.17, 15) is 18.0 Å². The van der Waals surface area contributed by atoms with Crippen LogP contribution in [-0.2, 0) is 19.6 Å². The molecule has 0 saturated heterocycles. The lowest BCUT2D eigenvalue weighted by atomic mass is 10.1. The van der Waals surface area contributed by atoms with Gasteiger partial charge in [-0.2, -0.15) is 4.72 Å². The van der Waals surface area contributed by atoms with E-state index in [2.05, 4.69) is 10.0 Å². The number of rotatable bonds is 7. The highest BCUT2D eigenvalue weighted by atomic mass is 32.2. The second-order valence-corrected chi connectivity index (χ2v) is 8.12. The van der Waals surface area contributed by atoms with Gasteiger partial charge >= 0.3 is 5.97 Å². The van der Waals surface area contributed by atoms with E-state index in [0.29, 0.717) is 5.39 Å². The Balaban J connectivity index is 2.36. The number of fused-ring (bicyclic) bond motifs is 1. The minimum atomic E-state index is -4.01. The lowest BCUT2D eigenvalue weighted by molar-refractivity contribution is -0.141. The van der Waals surface area contributed by atoms with Crippen molar-refractivity contribution < 1.29 is 23.1 Å². The quantitative estimate of drug-likeness (QED) is 0.650. The van der Waals surface area contributed by atoms with Gasteiger partial charge in [-0.1, -0.05) is 24.3 Å². The number of hydrogen-bond donors (Lipinski definition) is 3. The molecule has 2 atom stereocenters. The van der Waals surface area contributed by atoms with Crippen molar-refractivity contribution in [1.29, 1.82) is 0 Å². The summed E-state index contributed by atoms with van der Waals surface area (Å²) in [5, 5.41) is 12.4. The van der Waals surface area contributed by atoms with E-state index in [1.807, 2.05) is 31.1 Å². The molecule has 2 aromatic rings. The van der Waals surface area contributed by atoms with Gasteiger partial charge in [0.15, 0.2) is 0 Å². The van der Waals surface area contributed by atoms with Crippen molar-refractivity contribution in [1.82, 2.24) is 10.0 Å². The van der Waals surface area contributed by atoms with Gasteiger partial charge in [0.2, 0.25) is 15.9 Å². The van der Waals surface area contributed by atoms with Gasteiger partial charge in [0.1, 0.15) is 6.04 Å². The van der Waals surface area contributed by atoms with E-state index in [1.54, 1.807) is 18.2 Å². The maximum Gasteiger partial charge on any atom is 0.325 e. The minimum Gasteiger partial charge on any atom is -0.480 e. The van der Waals surface area contributed by atoms with E-state index in [-0.39, 0.29) is 4.90 Å². The molecule has 146 valence electrons. The molecule has 0 spiro atoms. The molecule has 0 saturated carbocycles. The third-order valence-corrected chi connectivity index (χ3v) is 5.68. The summed E-state index contributed by atoms with van der Waals surface area (Å²) in [4.78, 5) is 24.8. The van der Waals surface area contributed by atoms with Crippen molar-refractivity contribution >= 4 is 38.4 Å². The average molecular weight is 393 g/mol. The highest BCUT2D eigenvalue weighted by Gasteiger charge is 2.26. The predicted octanol–water partition coefficient (Wildman–Crippen LogP) is 1.16. The molecule has 0 bridgehead atoms. The van der Waals surface area contributed by atoms with E-state index in [1.165, 1.54) is 19.9 Å². The van der Waals surface area contributed by atoms with Crippen LogP contribution in [0.5, 0.6) is 0 Å². The zero-order chi connectivity index (χ0) is 20.4. The number of sulfonamides is 1. The molecule has 2 aromatic carbocycles. The fourth-order valence-electron chi connectivity index (χ4n) is 2.64. The van der Waals surface area contributed by atoms with Gasteiger partial charge in [-0.3, -0.25) is 9.59 Å². The summed E-state index contributed by atoms with van der Waals surface area (Å²) >= 11 is 0. The SMILES string of the molecule is C[C@H](NC(=O)[C@H](C)NS(=O)(=O)c1cccc2c(N(C)C)cccc12)C(=O)O. The molecule has 0 aliphatic carbocycles. The number of carbonyl (C=O) groups is 2. The molecule has 8 nitrogen and oxygen atoms in total. The summed E-state index contributed by atoms with van der Waals surface area (Å²) < 4.78 is 28.0. The van der Waals surface area contributed by atoms with Crippen LogP contribution < -0.4 is 14.9 Å². The van der Waals surface area contributed by atoms with Crippen LogP contribution in [0.3, 0.4) is 0 Å². The van der Waals surface area contributed by atoms with E-state index in [4.69, 9.17) is 5.11 Å². The standard InChI is InChI=1S/C18H23N3O5S/c1-11(17(22)19-12(2)18(23)24)20-27(25,26)16-10-6-7-13-14(16)8-5-9-15(13)21(3)4/h5-12,20H,1-4H3,(H,19,22)(H,23,24)/t11-,12-/m0/s1. The molecule has 1 amide bonds. The van der Waals surface area contributed by atoms with Crippen LogP contribution in [-0.4, -0.2) is 51.6 Å². The first kappa shape index (κ1) is 20.7. The third kappa shape index (κ3) is 4.55. The Hall–Kier alpha value is -2.65. The maximum atomic E-state index is 12.8. The molecule has 0 fully saturated rings. The van der Waals surface area contributed by atoms with Crippen LogP contribution in [0.15, 0.2) is 41.3 Å². The largest absolute Gasteiger partial charge is 0.480 e. The Morgan fingerprint density at radius 2 is 1.59 bits per heavy atom. The van der Waals surface area contributed by atoms with Crippen molar-refractivity contribution in [3.8, 4) is 0 Å². The van der Waals surface area contributed by atoms with Crippen molar-refractivity contribution in [2.45, 2.75) is 30.8 Å². The van der Waals surface area contributed by atoms with Crippen LogP contribution in [0.4, 0.5) is 5.69 Å². The molecule has 2 rings (SSSR count). The number of carbonyl (C=O) groups excluding carboxylic acids is 1.